The summed E-state index contributed by atoms with van der Waals surface area (Å²) in [6.07, 6.45) is 4.10. The highest BCUT2D eigenvalue weighted by atomic mass is 19.1. The molecule has 1 aromatic carbocycles. The van der Waals surface area contributed by atoms with Crippen LogP contribution in [0.15, 0.2) is 41.2 Å². The van der Waals surface area contributed by atoms with Crippen molar-refractivity contribution in [1.29, 1.82) is 5.26 Å². The zero-order chi connectivity index (χ0) is 25.6. The molecule has 188 valence electrons. The molecule has 1 saturated carbocycles. The van der Waals surface area contributed by atoms with E-state index >= 15 is 4.39 Å². The van der Waals surface area contributed by atoms with Crippen LogP contribution in [0.2, 0.25) is 0 Å². The van der Waals surface area contributed by atoms with Crippen LogP contribution in [0.4, 0.5) is 10.1 Å². The second kappa shape index (κ2) is 9.67. The van der Waals surface area contributed by atoms with Gasteiger partial charge in [0.05, 0.1) is 11.2 Å². The van der Waals surface area contributed by atoms with Gasteiger partial charge in [-0.15, -0.1) is 0 Å². The largest absolute Gasteiger partial charge is 0.364 e. The van der Waals surface area contributed by atoms with E-state index in [1.165, 1.54) is 0 Å². The number of hydrogen-bond donors (Lipinski definition) is 0. The first-order chi connectivity index (χ1) is 17.4. The quantitative estimate of drug-likeness (QED) is 0.474. The molecule has 1 unspecified atom stereocenters. The van der Waals surface area contributed by atoms with E-state index < -0.39 is 0 Å². The van der Waals surface area contributed by atoms with Crippen molar-refractivity contribution in [1.82, 2.24) is 14.5 Å². The van der Waals surface area contributed by atoms with Crippen molar-refractivity contribution >= 4 is 16.7 Å². The van der Waals surface area contributed by atoms with Gasteiger partial charge in [0.25, 0.3) is 5.56 Å². The summed E-state index contributed by atoms with van der Waals surface area (Å²) in [5.41, 5.74) is 4.28. The number of piperazine rings is 1. The molecule has 2 aliphatic rings. The molecule has 1 saturated heterocycles. The standard InChI is InChI=1S/C29H34FN5O/c1-5-22-17-35(27-14-28(36)33(4)26-12-10-21(15-31)32-29(26)27)23(6-2)16-34(22)18(3)24-11-9-20(13-25(24)30)19-7-8-19/h9-14,18-19,22-23H,5-8,16-17H2,1-4H3/t18?,22-,23+/m1/s1. The zero-order valence-electron chi connectivity index (χ0n) is 21.5. The highest BCUT2D eigenvalue weighted by Gasteiger charge is 2.37. The summed E-state index contributed by atoms with van der Waals surface area (Å²) in [6.45, 7) is 7.88. The normalized spacial score (nSPS) is 21.5. The molecule has 36 heavy (non-hydrogen) atoms. The lowest BCUT2D eigenvalue weighted by atomic mass is 9.95. The predicted molar refractivity (Wildman–Crippen MR) is 141 cm³/mol. The van der Waals surface area contributed by atoms with E-state index in [-0.39, 0.29) is 29.5 Å². The van der Waals surface area contributed by atoms with Gasteiger partial charge >= 0.3 is 0 Å². The Bertz CT molecular complexity index is 1390. The highest BCUT2D eigenvalue weighted by Crippen LogP contribution is 2.41. The van der Waals surface area contributed by atoms with Crippen LogP contribution in [-0.4, -0.2) is 39.6 Å². The number of aromatic nitrogens is 2. The molecule has 1 aliphatic heterocycles. The van der Waals surface area contributed by atoms with Crippen molar-refractivity contribution in [2.75, 3.05) is 18.0 Å². The van der Waals surface area contributed by atoms with E-state index in [9.17, 15) is 10.1 Å². The molecule has 3 aromatic rings. The van der Waals surface area contributed by atoms with E-state index in [0.29, 0.717) is 29.2 Å². The van der Waals surface area contributed by atoms with Crippen LogP contribution >= 0.6 is 0 Å². The number of anilines is 1. The number of aryl methyl sites for hydroxylation is 1. The Hall–Kier alpha value is -3.24. The molecule has 2 aromatic heterocycles. The number of halogens is 1. The van der Waals surface area contributed by atoms with E-state index in [2.05, 4.69) is 47.7 Å². The average molecular weight is 488 g/mol. The van der Waals surface area contributed by atoms with Crippen molar-refractivity contribution < 1.29 is 4.39 Å². The molecule has 0 N–H and O–H groups in total. The number of rotatable bonds is 6. The van der Waals surface area contributed by atoms with Gasteiger partial charge in [0, 0.05) is 49.9 Å². The molecular formula is C29H34FN5O. The van der Waals surface area contributed by atoms with Gasteiger partial charge in [-0.25, -0.2) is 9.37 Å². The minimum atomic E-state index is -0.108. The molecule has 0 spiro atoms. The van der Waals surface area contributed by atoms with Crippen LogP contribution in [-0.2, 0) is 7.05 Å². The molecule has 0 bridgehead atoms. The third-order valence-corrected chi connectivity index (χ3v) is 8.19. The van der Waals surface area contributed by atoms with Gasteiger partial charge in [-0.05, 0) is 62.3 Å². The Labute approximate surface area is 212 Å². The van der Waals surface area contributed by atoms with Crippen LogP contribution in [0.5, 0.6) is 0 Å². The Morgan fingerprint density at radius 1 is 1.11 bits per heavy atom. The number of benzene rings is 1. The molecule has 0 amide bonds. The maximum atomic E-state index is 15.2. The van der Waals surface area contributed by atoms with E-state index in [4.69, 9.17) is 0 Å². The summed E-state index contributed by atoms with van der Waals surface area (Å²) >= 11 is 0. The molecular weight excluding hydrogens is 453 g/mol. The first-order valence-corrected chi connectivity index (χ1v) is 13.1. The second-order valence-corrected chi connectivity index (χ2v) is 10.3. The van der Waals surface area contributed by atoms with Crippen molar-refractivity contribution in [3.63, 3.8) is 0 Å². The van der Waals surface area contributed by atoms with Crippen LogP contribution in [0.25, 0.3) is 11.0 Å². The number of nitriles is 1. The Balaban J connectivity index is 1.50. The first-order valence-electron chi connectivity index (χ1n) is 13.1. The van der Waals surface area contributed by atoms with Crippen molar-refractivity contribution in [3.05, 3.63) is 69.4 Å². The summed E-state index contributed by atoms with van der Waals surface area (Å²) < 4.78 is 16.8. The fourth-order valence-corrected chi connectivity index (χ4v) is 5.78. The summed E-state index contributed by atoms with van der Waals surface area (Å²) in [6, 6.07) is 13.3. The lowest BCUT2D eigenvalue weighted by Gasteiger charge is -2.49. The number of nitrogens with zero attached hydrogens (tertiary/aromatic N) is 5. The highest BCUT2D eigenvalue weighted by molar-refractivity contribution is 5.89. The van der Waals surface area contributed by atoms with Gasteiger partial charge in [0.15, 0.2) is 0 Å². The second-order valence-electron chi connectivity index (χ2n) is 10.3. The SMILES string of the molecule is CC[C@H]1CN(C(C)c2ccc(C3CC3)cc2F)[C@H](CC)CN1c1cc(=O)n(C)c2ccc(C#N)nc12. The van der Waals surface area contributed by atoms with Crippen LogP contribution in [0, 0.1) is 17.1 Å². The van der Waals surface area contributed by atoms with Gasteiger partial charge in [-0.1, -0.05) is 26.0 Å². The number of hydrogen-bond acceptors (Lipinski definition) is 5. The zero-order valence-corrected chi connectivity index (χ0v) is 21.5. The van der Waals surface area contributed by atoms with Crippen LogP contribution < -0.4 is 10.5 Å². The maximum absolute atomic E-state index is 15.2. The molecule has 5 rings (SSSR count). The Morgan fingerprint density at radius 2 is 1.86 bits per heavy atom. The van der Waals surface area contributed by atoms with Gasteiger partial charge < -0.3 is 9.47 Å². The molecule has 7 heteroatoms. The predicted octanol–water partition coefficient (Wildman–Crippen LogP) is 5.26. The van der Waals surface area contributed by atoms with E-state index in [1.807, 2.05) is 6.07 Å². The van der Waals surface area contributed by atoms with Crippen molar-refractivity contribution in [2.45, 2.75) is 70.5 Å². The molecule has 2 fully saturated rings. The minimum absolute atomic E-state index is 0.0527. The fourth-order valence-electron chi connectivity index (χ4n) is 5.78. The summed E-state index contributed by atoms with van der Waals surface area (Å²) in [7, 11) is 1.73. The summed E-state index contributed by atoms with van der Waals surface area (Å²) in [4.78, 5) is 22.2. The molecule has 1 aliphatic carbocycles. The Kier molecular flexibility index (Phi) is 6.57. The van der Waals surface area contributed by atoms with Crippen LogP contribution in [0.3, 0.4) is 0 Å². The fraction of sp³-hybridized carbons (Fsp3) is 0.483. The first kappa shape index (κ1) is 24.5. The number of pyridine rings is 2. The van der Waals surface area contributed by atoms with E-state index in [0.717, 1.165) is 49.0 Å². The topological polar surface area (TPSA) is 65.2 Å². The van der Waals surface area contributed by atoms with Crippen molar-refractivity contribution in [2.24, 2.45) is 7.05 Å². The molecule has 6 nitrogen and oxygen atoms in total. The van der Waals surface area contributed by atoms with Gasteiger partial charge in [0.1, 0.15) is 23.1 Å². The monoisotopic (exact) mass is 487 g/mol. The lowest BCUT2D eigenvalue weighted by Crippen LogP contribution is -2.59. The van der Waals surface area contributed by atoms with Gasteiger partial charge in [0.2, 0.25) is 0 Å². The van der Waals surface area contributed by atoms with Gasteiger partial charge in [-0.3, -0.25) is 9.69 Å². The third kappa shape index (κ3) is 4.28. The molecule has 3 atom stereocenters. The summed E-state index contributed by atoms with van der Waals surface area (Å²) in [5.74, 6) is 0.423. The van der Waals surface area contributed by atoms with Gasteiger partial charge in [-0.2, -0.15) is 5.26 Å². The van der Waals surface area contributed by atoms with E-state index in [1.54, 1.807) is 35.9 Å². The minimum Gasteiger partial charge on any atom is -0.364 e. The maximum Gasteiger partial charge on any atom is 0.252 e. The van der Waals surface area contributed by atoms with Crippen molar-refractivity contribution in [3.8, 4) is 6.07 Å². The smallest absolute Gasteiger partial charge is 0.252 e. The van der Waals surface area contributed by atoms with Crippen LogP contribution in [0.1, 0.15) is 75.2 Å². The molecule has 3 heterocycles. The molecule has 0 radical (unpaired) electrons. The lowest BCUT2D eigenvalue weighted by molar-refractivity contribution is 0.0993. The number of fused-ring (bicyclic) bond motifs is 1. The average Bonchev–Trinajstić information content (AvgIpc) is 3.75. The third-order valence-electron chi connectivity index (χ3n) is 8.19. The Morgan fingerprint density at radius 3 is 2.50 bits per heavy atom. The summed E-state index contributed by atoms with van der Waals surface area (Å²) in [5, 5.41) is 9.45.